The average Bonchev–Trinajstić information content (AvgIpc) is 2.50. The van der Waals surface area contributed by atoms with E-state index >= 15 is 0 Å². The van der Waals surface area contributed by atoms with Crippen LogP contribution in [0.5, 0.6) is 11.5 Å². The van der Waals surface area contributed by atoms with Crippen LogP contribution in [-0.4, -0.2) is 29.5 Å². The van der Waals surface area contributed by atoms with E-state index < -0.39 is 7.12 Å². The number of phenolic OH excluding ortho intramolecular Hbond substituents is 1. The lowest BCUT2D eigenvalue weighted by Crippen LogP contribution is -2.41. The Labute approximate surface area is 121 Å². The Morgan fingerprint density at radius 1 is 1.10 bits per heavy atom. The first-order chi connectivity index (χ1) is 9.12. The molecule has 1 aliphatic heterocycles. The van der Waals surface area contributed by atoms with Crippen LogP contribution in [0.4, 0.5) is 0 Å². The van der Waals surface area contributed by atoms with Gasteiger partial charge in [-0.2, -0.15) is 0 Å². The molecule has 1 N–H and O–H groups in total. The van der Waals surface area contributed by atoms with Gasteiger partial charge in [-0.25, -0.2) is 0 Å². The lowest BCUT2D eigenvalue weighted by Gasteiger charge is -2.32. The molecule has 0 saturated carbocycles. The molecule has 0 radical (unpaired) electrons. The van der Waals surface area contributed by atoms with E-state index in [1.165, 1.54) is 0 Å². The van der Waals surface area contributed by atoms with Gasteiger partial charge in [-0.15, -0.1) is 0 Å². The minimum absolute atomic E-state index is 0.00514. The number of phenols is 1. The fourth-order valence-corrected chi connectivity index (χ4v) is 2.00. The van der Waals surface area contributed by atoms with Gasteiger partial charge in [0.05, 0.1) is 17.3 Å². The van der Waals surface area contributed by atoms with E-state index in [-0.39, 0.29) is 23.1 Å². The molecule has 110 valence electrons. The molecular weight excluding hydrogens is 255 g/mol. The standard InChI is InChI=1S/C15H23BO4/c1-10(2)18-13-9-11(7-8-12(13)17)16-19-14(3,4)15(5,6)20-16/h7-10,17H,1-6H3. The van der Waals surface area contributed by atoms with E-state index in [9.17, 15) is 5.11 Å². The topological polar surface area (TPSA) is 47.9 Å². The Balaban J connectivity index is 2.27. The van der Waals surface area contributed by atoms with Crippen molar-refractivity contribution in [1.82, 2.24) is 0 Å². The molecule has 0 aromatic heterocycles. The van der Waals surface area contributed by atoms with Crippen LogP contribution in [0.25, 0.3) is 0 Å². The first kappa shape index (κ1) is 15.2. The molecule has 0 amide bonds. The maximum Gasteiger partial charge on any atom is 0.494 e. The van der Waals surface area contributed by atoms with Gasteiger partial charge in [0.1, 0.15) is 0 Å². The SMILES string of the molecule is CC(C)Oc1cc(B2OC(C)(C)C(C)(C)O2)ccc1O. The molecule has 5 heteroatoms. The number of rotatable bonds is 3. The summed E-state index contributed by atoms with van der Waals surface area (Å²) < 4.78 is 17.6. The van der Waals surface area contributed by atoms with Gasteiger partial charge in [0, 0.05) is 0 Å². The van der Waals surface area contributed by atoms with Crippen LogP contribution in [0.15, 0.2) is 18.2 Å². The monoisotopic (exact) mass is 278 g/mol. The molecule has 0 spiro atoms. The molecular formula is C15H23BO4. The molecule has 1 aromatic rings. The Kier molecular flexibility index (Phi) is 3.78. The van der Waals surface area contributed by atoms with E-state index in [0.717, 1.165) is 5.46 Å². The van der Waals surface area contributed by atoms with Gasteiger partial charge < -0.3 is 19.2 Å². The molecule has 20 heavy (non-hydrogen) atoms. The molecule has 1 aliphatic rings. The summed E-state index contributed by atoms with van der Waals surface area (Å²) in [5.41, 5.74) is 0.0839. The van der Waals surface area contributed by atoms with E-state index in [4.69, 9.17) is 14.0 Å². The predicted molar refractivity (Wildman–Crippen MR) is 79.6 cm³/mol. The van der Waals surface area contributed by atoms with Gasteiger partial charge in [0.2, 0.25) is 0 Å². The molecule has 1 fully saturated rings. The summed E-state index contributed by atoms with van der Waals surface area (Å²) in [5.74, 6) is 0.575. The van der Waals surface area contributed by atoms with Gasteiger partial charge >= 0.3 is 7.12 Å². The maximum absolute atomic E-state index is 9.83. The fraction of sp³-hybridized carbons (Fsp3) is 0.600. The van der Waals surface area contributed by atoms with Crippen LogP contribution in [0.2, 0.25) is 0 Å². The minimum Gasteiger partial charge on any atom is -0.504 e. The first-order valence-electron chi connectivity index (χ1n) is 6.97. The third-order valence-corrected chi connectivity index (χ3v) is 3.87. The van der Waals surface area contributed by atoms with Crippen molar-refractivity contribution in [3.05, 3.63) is 18.2 Å². The molecule has 0 bridgehead atoms. The van der Waals surface area contributed by atoms with E-state index in [0.29, 0.717) is 5.75 Å². The summed E-state index contributed by atoms with van der Waals surface area (Å²) in [6.07, 6.45) is -0.00514. The first-order valence-corrected chi connectivity index (χ1v) is 6.97. The number of hydrogen-bond acceptors (Lipinski definition) is 4. The van der Waals surface area contributed by atoms with Crippen LogP contribution >= 0.6 is 0 Å². The number of benzene rings is 1. The third-order valence-electron chi connectivity index (χ3n) is 3.87. The van der Waals surface area contributed by atoms with Crippen molar-refractivity contribution in [3.63, 3.8) is 0 Å². The van der Waals surface area contributed by atoms with Crippen molar-refractivity contribution >= 4 is 12.6 Å². The van der Waals surface area contributed by atoms with E-state index in [1.54, 1.807) is 18.2 Å². The molecule has 0 atom stereocenters. The second kappa shape index (κ2) is 4.97. The van der Waals surface area contributed by atoms with Crippen molar-refractivity contribution in [3.8, 4) is 11.5 Å². The fourth-order valence-electron chi connectivity index (χ4n) is 2.00. The van der Waals surface area contributed by atoms with Crippen LogP contribution in [0.3, 0.4) is 0 Å². The molecule has 0 unspecified atom stereocenters. The summed E-state index contributed by atoms with van der Waals surface area (Å²) in [6.45, 7) is 11.9. The number of hydrogen-bond donors (Lipinski definition) is 1. The van der Waals surface area contributed by atoms with Crippen LogP contribution in [-0.2, 0) is 9.31 Å². The summed E-state index contributed by atoms with van der Waals surface area (Å²) in [6, 6.07) is 5.18. The van der Waals surface area contributed by atoms with E-state index in [2.05, 4.69) is 0 Å². The van der Waals surface area contributed by atoms with Gasteiger partial charge in [0.25, 0.3) is 0 Å². The molecule has 0 aliphatic carbocycles. The Morgan fingerprint density at radius 2 is 1.65 bits per heavy atom. The zero-order valence-corrected chi connectivity index (χ0v) is 13.1. The van der Waals surface area contributed by atoms with Gasteiger partial charge in [-0.3, -0.25) is 0 Å². The Hall–Kier alpha value is -1.20. The molecule has 1 heterocycles. The highest BCUT2D eigenvalue weighted by Crippen LogP contribution is 2.37. The summed E-state index contributed by atoms with van der Waals surface area (Å²) in [5, 5.41) is 9.83. The van der Waals surface area contributed by atoms with Gasteiger partial charge in [-0.1, -0.05) is 6.07 Å². The van der Waals surface area contributed by atoms with Crippen molar-refractivity contribution in [2.75, 3.05) is 0 Å². The van der Waals surface area contributed by atoms with Crippen LogP contribution < -0.4 is 10.2 Å². The van der Waals surface area contributed by atoms with Crippen LogP contribution in [0, 0.1) is 0 Å². The predicted octanol–water partition coefficient (Wildman–Crippen LogP) is 2.48. The number of aromatic hydroxyl groups is 1. The lowest BCUT2D eigenvalue weighted by molar-refractivity contribution is 0.00578. The smallest absolute Gasteiger partial charge is 0.494 e. The van der Waals surface area contributed by atoms with Gasteiger partial charge in [0.15, 0.2) is 11.5 Å². The summed E-state index contributed by atoms with van der Waals surface area (Å²) >= 11 is 0. The zero-order valence-electron chi connectivity index (χ0n) is 13.1. The summed E-state index contributed by atoms with van der Waals surface area (Å²) in [7, 11) is -0.449. The molecule has 1 aromatic carbocycles. The largest absolute Gasteiger partial charge is 0.504 e. The molecule has 2 rings (SSSR count). The van der Waals surface area contributed by atoms with Crippen molar-refractivity contribution in [2.45, 2.75) is 58.8 Å². The second-order valence-electron chi connectivity index (χ2n) is 6.48. The van der Waals surface area contributed by atoms with Crippen molar-refractivity contribution in [2.24, 2.45) is 0 Å². The Morgan fingerprint density at radius 3 is 2.15 bits per heavy atom. The quantitative estimate of drug-likeness (QED) is 0.863. The maximum atomic E-state index is 9.83. The Bertz CT molecular complexity index is 481. The van der Waals surface area contributed by atoms with Crippen molar-refractivity contribution < 1.29 is 19.2 Å². The zero-order chi connectivity index (χ0) is 15.1. The average molecular weight is 278 g/mol. The normalized spacial score (nSPS) is 20.4. The highest BCUT2D eigenvalue weighted by molar-refractivity contribution is 6.62. The minimum atomic E-state index is -0.449. The molecule has 1 saturated heterocycles. The van der Waals surface area contributed by atoms with Crippen molar-refractivity contribution in [1.29, 1.82) is 0 Å². The highest BCUT2D eigenvalue weighted by Gasteiger charge is 2.51. The van der Waals surface area contributed by atoms with Gasteiger partial charge in [-0.05, 0) is 59.1 Å². The van der Waals surface area contributed by atoms with E-state index in [1.807, 2.05) is 41.5 Å². The number of ether oxygens (including phenoxy) is 1. The second-order valence-corrected chi connectivity index (χ2v) is 6.48. The summed E-state index contributed by atoms with van der Waals surface area (Å²) in [4.78, 5) is 0. The lowest BCUT2D eigenvalue weighted by atomic mass is 9.79. The highest BCUT2D eigenvalue weighted by atomic mass is 16.7. The van der Waals surface area contributed by atoms with Crippen LogP contribution in [0.1, 0.15) is 41.5 Å². The molecule has 4 nitrogen and oxygen atoms in total. The third kappa shape index (κ3) is 2.79.